The van der Waals surface area contributed by atoms with Crippen molar-refractivity contribution in [2.45, 2.75) is 32.6 Å². The number of hydrogen-bond donors (Lipinski definition) is 1. The molecule has 7 heteroatoms. The van der Waals surface area contributed by atoms with Crippen LogP contribution in [0.4, 0.5) is 11.5 Å². The molecule has 2 aliphatic rings. The molecule has 0 radical (unpaired) electrons. The largest absolute Gasteiger partial charge is 0.454 e. The number of carbonyl (C=O) groups is 1. The molecule has 1 aromatic heterocycles. The first-order chi connectivity index (χ1) is 12.7. The highest BCUT2D eigenvalue weighted by Gasteiger charge is 2.20. The topological polar surface area (TPSA) is 76.6 Å². The number of aryl methyl sites for hydroxylation is 1. The van der Waals surface area contributed by atoms with Crippen molar-refractivity contribution in [3.05, 3.63) is 35.8 Å². The van der Waals surface area contributed by atoms with Gasteiger partial charge in [0.1, 0.15) is 17.3 Å². The Balaban J connectivity index is 1.55. The molecular weight excluding hydrogens is 332 g/mol. The van der Waals surface area contributed by atoms with Crippen LogP contribution in [0.15, 0.2) is 24.3 Å². The maximum absolute atomic E-state index is 12.8. The van der Waals surface area contributed by atoms with Crippen molar-refractivity contribution in [3.8, 4) is 11.5 Å². The highest BCUT2D eigenvalue weighted by Crippen LogP contribution is 2.35. The number of nitrogens with zero attached hydrogens (tertiary/aromatic N) is 3. The van der Waals surface area contributed by atoms with Gasteiger partial charge < -0.3 is 19.7 Å². The number of aromatic nitrogens is 2. The van der Waals surface area contributed by atoms with Crippen LogP contribution in [-0.4, -0.2) is 40.7 Å². The molecule has 7 nitrogen and oxygen atoms in total. The van der Waals surface area contributed by atoms with Crippen LogP contribution in [0.3, 0.4) is 0 Å². The molecule has 1 aromatic carbocycles. The number of nitrogens with one attached hydrogen (secondary N) is 1. The summed E-state index contributed by atoms with van der Waals surface area (Å²) < 4.78 is 10.7. The number of benzene rings is 1. The van der Waals surface area contributed by atoms with Gasteiger partial charge in [-0.1, -0.05) is 12.8 Å². The Bertz CT molecular complexity index is 816. The molecule has 3 heterocycles. The molecular formula is C19H22N4O3. The Morgan fingerprint density at radius 3 is 2.62 bits per heavy atom. The van der Waals surface area contributed by atoms with E-state index in [2.05, 4.69) is 15.3 Å². The Hall–Kier alpha value is -2.83. The van der Waals surface area contributed by atoms with Gasteiger partial charge in [0.2, 0.25) is 6.79 Å². The lowest BCUT2D eigenvalue weighted by Gasteiger charge is -2.20. The maximum atomic E-state index is 12.8. The van der Waals surface area contributed by atoms with E-state index in [1.807, 2.05) is 23.1 Å². The van der Waals surface area contributed by atoms with E-state index < -0.39 is 0 Å². The first kappa shape index (κ1) is 16.6. The van der Waals surface area contributed by atoms with Crippen LogP contribution < -0.4 is 14.8 Å². The van der Waals surface area contributed by atoms with E-state index in [0.29, 0.717) is 23.1 Å². The number of anilines is 2. The lowest BCUT2D eigenvalue weighted by Crippen LogP contribution is -2.32. The number of hydrogen-bond acceptors (Lipinski definition) is 6. The Labute approximate surface area is 152 Å². The van der Waals surface area contributed by atoms with E-state index in [-0.39, 0.29) is 12.7 Å². The van der Waals surface area contributed by atoms with E-state index in [1.165, 1.54) is 12.8 Å². The van der Waals surface area contributed by atoms with Crippen LogP contribution in [-0.2, 0) is 0 Å². The van der Waals surface area contributed by atoms with Gasteiger partial charge in [0.05, 0.1) is 0 Å². The average Bonchev–Trinajstić information content (AvgIpc) is 2.92. The molecule has 0 aliphatic carbocycles. The summed E-state index contributed by atoms with van der Waals surface area (Å²) in [6.45, 7) is 3.63. The molecule has 0 spiro atoms. The third kappa shape index (κ3) is 3.56. The second-order valence-corrected chi connectivity index (χ2v) is 6.59. The lowest BCUT2D eigenvalue weighted by atomic mass is 10.2. The van der Waals surface area contributed by atoms with Crippen LogP contribution in [0, 0.1) is 6.92 Å². The van der Waals surface area contributed by atoms with Gasteiger partial charge in [0.25, 0.3) is 5.91 Å². The summed E-state index contributed by atoms with van der Waals surface area (Å²) in [7, 11) is 0. The van der Waals surface area contributed by atoms with Crippen molar-refractivity contribution in [1.29, 1.82) is 0 Å². The summed E-state index contributed by atoms with van der Waals surface area (Å²) in [6, 6.07) is 7.31. The van der Waals surface area contributed by atoms with Crippen molar-refractivity contribution >= 4 is 17.4 Å². The van der Waals surface area contributed by atoms with Gasteiger partial charge in [-0.2, -0.15) is 0 Å². The van der Waals surface area contributed by atoms with E-state index in [1.54, 1.807) is 13.0 Å². The van der Waals surface area contributed by atoms with Gasteiger partial charge in [-0.3, -0.25) is 4.79 Å². The molecule has 0 bridgehead atoms. The highest BCUT2D eigenvalue weighted by molar-refractivity contribution is 5.93. The molecule has 1 saturated heterocycles. The number of rotatable bonds is 3. The monoisotopic (exact) mass is 354 g/mol. The molecule has 4 rings (SSSR count). The predicted molar refractivity (Wildman–Crippen MR) is 97.0 cm³/mol. The smallest absolute Gasteiger partial charge is 0.272 e. The van der Waals surface area contributed by atoms with Crippen molar-refractivity contribution in [2.75, 3.05) is 25.2 Å². The lowest BCUT2D eigenvalue weighted by molar-refractivity contribution is 0.0755. The highest BCUT2D eigenvalue weighted by atomic mass is 16.7. The third-order valence-electron chi connectivity index (χ3n) is 4.60. The van der Waals surface area contributed by atoms with Crippen LogP contribution in [0.1, 0.15) is 42.0 Å². The molecule has 1 fully saturated rings. The minimum atomic E-state index is -0.0221. The standard InChI is InChI=1S/C19H22N4O3/c1-13-20-15(19(24)23-8-4-2-3-5-9-23)11-18(21-13)22-14-6-7-16-17(10-14)26-12-25-16/h6-7,10-11H,2-5,8-9,12H2,1H3,(H,20,21,22). The second-order valence-electron chi connectivity index (χ2n) is 6.59. The van der Waals surface area contributed by atoms with Crippen LogP contribution in [0.2, 0.25) is 0 Å². The SMILES string of the molecule is Cc1nc(Nc2ccc3c(c2)OCO3)cc(C(=O)N2CCCCCC2)n1. The zero-order chi connectivity index (χ0) is 17.9. The van der Waals surface area contributed by atoms with Gasteiger partial charge in [-0.25, -0.2) is 9.97 Å². The molecule has 0 unspecified atom stereocenters. The summed E-state index contributed by atoms with van der Waals surface area (Å²) in [6.07, 6.45) is 4.48. The van der Waals surface area contributed by atoms with E-state index in [4.69, 9.17) is 9.47 Å². The fourth-order valence-corrected chi connectivity index (χ4v) is 3.30. The summed E-state index contributed by atoms with van der Waals surface area (Å²) in [4.78, 5) is 23.5. The molecule has 2 aromatic rings. The van der Waals surface area contributed by atoms with Crippen LogP contribution in [0.25, 0.3) is 0 Å². The van der Waals surface area contributed by atoms with Crippen molar-refractivity contribution in [3.63, 3.8) is 0 Å². The first-order valence-electron chi connectivity index (χ1n) is 9.01. The summed E-state index contributed by atoms with van der Waals surface area (Å²) in [5.41, 5.74) is 1.25. The minimum absolute atomic E-state index is 0.0221. The summed E-state index contributed by atoms with van der Waals surface area (Å²) >= 11 is 0. The number of ether oxygens (including phenoxy) is 2. The predicted octanol–water partition coefficient (Wildman–Crippen LogP) is 3.27. The van der Waals surface area contributed by atoms with Crippen LogP contribution in [0.5, 0.6) is 11.5 Å². The average molecular weight is 354 g/mol. The summed E-state index contributed by atoms with van der Waals surface area (Å²) in [5, 5.41) is 3.23. The van der Waals surface area contributed by atoms with Crippen molar-refractivity contribution in [2.24, 2.45) is 0 Å². The Morgan fingerprint density at radius 2 is 1.81 bits per heavy atom. The van der Waals surface area contributed by atoms with Crippen LogP contribution >= 0.6 is 0 Å². The Morgan fingerprint density at radius 1 is 1.04 bits per heavy atom. The van der Waals surface area contributed by atoms with Crippen molar-refractivity contribution < 1.29 is 14.3 Å². The minimum Gasteiger partial charge on any atom is -0.454 e. The molecule has 2 aliphatic heterocycles. The number of amides is 1. The quantitative estimate of drug-likeness (QED) is 0.912. The number of fused-ring (bicyclic) bond motifs is 1. The van der Waals surface area contributed by atoms with Gasteiger partial charge in [0, 0.05) is 30.9 Å². The molecule has 136 valence electrons. The molecule has 0 atom stereocenters. The van der Waals surface area contributed by atoms with E-state index >= 15 is 0 Å². The van der Waals surface area contributed by atoms with E-state index in [0.717, 1.165) is 37.4 Å². The zero-order valence-corrected chi connectivity index (χ0v) is 14.8. The fraction of sp³-hybridized carbons (Fsp3) is 0.421. The van der Waals surface area contributed by atoms with Gasteiger partial charge in [0.15, 0.2) is 11.5 Å². The van der Waals surface area contributed by atoms with E-state index in [9.17, 15) is 4.79 Å². The molecule has 26 heavy (non-hydrogen) atoms. The first-order valence-corrected chi connectivity index (χ1v) is 9.01. The fourth-order valence-electron chi connectivity index (χ4n) is 3.30. The molecule has 0 saturated carbocycles. The summed E-state index contributed by atoms with van der Waals surface area (Å²) in [5.74, 6) is 2.56. The normalized spacial score (nSPS) is 16.3. The number of carbonyl (C=O) groups excluding carboxylic acids is 1. The Kier molecular flexibility index (Phi) is 4.60. The molecule has 1 amide bonds. The zero-order valence-electron chi connectivity index (χ0n) is 14.8. The van der Waals surface area contributed by atoms with Gasteiger partial charge in [-0.05, 0) is 31.9 Å². The third-order valence-corrected chi connectivity index (χ3v) is 4.60. The van der Waals surface area contributed by atoms with Gasteiger partial charge >= 0.3 is 0 Å². The second kappa shape index (κ2) is 7.19. The van der Waals surface area contributed by atoms with Gasteiger partial charge in [-0.15, -0.1) is 0 Å². The molecule has 1 N–H and O–H groups in total. The van der Waals surface area contributed by atoms with Crippen molar-refractivity contribution in [1.82, 2.24) is 14.9 Å². The maximum Gasteiger partial charge on any atom is 0.272 e. The number of likely N-dealkylation sites (tertiary alicyclic amines) is 1.